The van der Waals surface area contributed by atoms with Gasteiger partial charge in [0.05, 0.1) is 12.6 Å². The Kier molecular flexibility index (Phi) is 3.92. The summed E-state index contributed by atoms with van der Waals surface area (Å²) < 4.78 is 1.09. The van der Waals surface area contributed by atoms with Gasteiger partial charge in [-0.2, -0.15) is 0 Å². The number of benzene rings is 1. The molecule has 1 aromatic carbocycles. The van der Waals surface area contributed by atoms with Gasteiger partial charge in [-0.25, -0.2) is 0 Å². The summed E-state index contributed by atoms with van der Waals surface area (Å²) in [4.78, 5) is 15.8. The molecule has 1 atom stereocenters. The number of nitrogens with zero attached hydrogens (tertiary/aromatic N) is 2. The standard InChI is InChI=1S/C13H18BrN3O/c1-9-5-10(3-4-12(9)14)17-7-11(6-15)16(2)13(18)8-17/h3-5,11H,6-8,15H2,1-2H3. The van der Waals surface area contributed by atoms with E-state index in [2.05, 4.69) is 26.9 Å². The summed E-state index contributed by atoms with van der Waals surface area (Å²) in [6.45, 7) is 3.76. The van der Waals surface area contributed by atoms with Crippen LogP contribution in [0.4, 0.5) is 5.69 Å². The number of piperazine rings is 1. The van der Waals surface area contributed by atoms with Crippen molar-refractivity contribution in [1.29, 1.82) is 0 Å². The highest BCUT2D eigenvalue weighted by molar-refractivity contribution is 9.10. The normalized spacial score (nSPS) is 20.4. The lowest BCUT2D eigenvalue weighted by Crippen LogP contribution is -2.57. The Morgan fingerprint density at radius 2 is 2.22 bits per heavy atom. The molecule has 1 heterocycles. The molecular weight excluding hydrogens is 294 g/mol. The highest BCUT2D eigenvalue weighted by Crippen LogP contribution is 2.24. The number of aryl methyl sites for hydroxylation is 1. The smallest absolute Gasteiger partial charge is 0.242 e. The van der Waals surface area contributed by atoms with E-state index in [1.165, 1.54) is 5.56 Å². The highest BCUT2D eigenvalue weighted by Gasteiger charge is 2.29. The van der Waals surface area contributed by atoms with Crippen LogP contribution in [0.5, 0.6) is 0 Å². The third-order valence-corrected chi connectivity index (χ3v) is 4.37. The summed E-state index contributed by atoms with van der Waals surface area (Å²) >= 11 is 3.49. The van der Waals surface area contributed by atoms with E-state index < -0.39 is 0 Å². The fraction of sp³-hybridized carbons (Fsp3) is 0.462. The van der Waals surface area contributed by atoms with Crippen LogP contribution in [0.3, 0.4) is 0 Å². The van der Waals surface area contributed by atoms with Gasteiger partial charge in [0.1, 0.15) is 0 Å². The first-order chi connectivity index (χ1) is 8.52. The Hall–Kier alpha value is -1.07. The van der Waals surface area contributed by atoms with Crippen molar-refractivity contribution < 1.29 is 4.79 Å². The fourth-order valence-corrected chi connectivity index (χ4v) is 2.42. The Morgan fingerprint density at radius 3 is 2.83 bits per heavy atom. The minimum absolute atomic E-state index is 0.0928. The summed E-state index contributed by atoms with van der Waals surface area (Å²) in [5, 5.41) is 0. The largest absolute Gasteiger partial charge is 0.360 e. The number of halogens is 1. The summed E-state index contributed by atoms with van der Waals surface area (Å²) in [5.74, 6) is 0.122. The first-order valence-corrected chi connectivity index (χ1v) is 6.79. The predicted molar refractivity (Wildman–Crippen MR) is 76.7 cm³/mol. The molecule has 1 unspecified atom stereocenters. The van der Waals surface area contributed by atoms with E-state index in [-0.39, 0.29) is 11.9 Å². The molecule has 1 aromatic rings. The third kappa shape index (κ3) is 2.52. The molecule has 0 aromatic heterocycles. The maximum atomic E-state index is 11.9. The van der Waals surface area contributed by atoms with Crippen molar-refractivity contribution in [3.8, 4) is 0 Å². The molecule has 0 aliphatic carbocycles. The fourth-order valence-electron chi connectivity index (χ4n) is 2.17. The number of rotatable bonds is 2. The molecule has 18 heavy (non-hydrogen) atoms. The van der Waals surface area contributed by atoms with E-state index >= 15 is 0 Å². The van der Waals surface area contributed by atoms with Gasteiger partial charge < -0.3 is 15.5 Å². The molecule has 0 saturated carbocycles. The number of hydrogen-bond acceptors (Lipinski definition) is 3. The number of carbonyl (C=O) groups is 1. The van der Waals surface area contributed by atoms with Crippen molar-refractivity contribution >= 4 is 27.5 Å². The number of likely N-dealkylation sites (N-methyl/N-ethyl adjacent to an activating group) is 1. The van der Waals surface area contributed by atoms with Gasteiger partial charge >= 0.3 is 0 Å². The summed E-state index contributed by atoms with van der Waals surface area (Å²) in [6.07, 6.45) is 0. The van der Waals surface area contributed by atoms with Crippen LogP contribution < -0.4 is 10.6 Å². The minimum atomic E-state index is 0.0928. The molecule has 1 amide bonds. The van der Waals surface area contributed by atoms with Gasteiger partial charge in [0.2, 0.25) is 5.91 Å². The lowest BCUT2D eigenvalue weighted by atomic mass is 10.1. The average molecular weight is 312 g/mol. The molecule has 1 aliphatic heterocycles. The molecule has 0 radical (unpaired) electrons. The number of amides is 1. The predicted octanol–water partition coefficient (Wildman–Crippen LogP) is 1.36. The van der Waals surface area contributed by atoms with Crippen LogP contribution in [0, 0.1) is 6.92 Å². The Bertz CT molecular complexity index is 464. The molecule has 1 aliphatic rings. The molecule has 1 saturated heterocycles. The molecule has 0 spiro atoms. The molecule has 4 nitrogen and oxygen atoms in total. The van der Waals surface area contributed by atoms with Gasteiger partial charge in [0.25, 0.3) is 0 Å². The molecule has 1 fully saturated rings. The van der Waals surface area contributed by atoms with Crippen LogP contribution in [0.15, 0.2) is 22.7 Å². The summed E-state index contributed by atoms with van der Waals surface area (Å²) in [5.41, 5.74) is 7.97. The first-order valence-electron chi connectivity index (χ1n) is 5.99. The zero-order valence-corrected chi connectivity index (χ0v) is 12.3. The Balaban J connectivity index is 2.23. The molecule has 2 N–H and O–H groups in total. The maximum Gasteiger partial charge on any atom is 0.242 e. The van der Waals surface area contributed by atoms with E-state index in [0.29, 0.717) is 13.1 Å². The van der Waals surface area contributed by atoms with Crippen LogP contribution in [0.2, 0.25) is 0 Å². The lowest BCUT2D eigenvalue weighted by Gasteiger charge is -2.39. The van der Waals surface area contributed by atoms with Crippen LogP contribution in [0.1, 0.15) is 5.56 Å². The zero-order valence-electron chi connectivity index (χ0n) is 10.7. The molecule has 98 valence electrons. The molecular formula is C13H18BrN3O. The van der Waals surface area contributed by atoms with Gasteiger partial charge in [-0.05, 0) is 30.7 Å². The molecule has 0 bridgehead atoms. The van der Waals surface area contributed by atoms with Crippen molar-refractivity contribution in [2.75, 3.05) is 31.6 Å². The van der Waals surface area contributed by atoms with Gasteiger partial charge in [-0.3, -0.25) is 4.79 Å². The zero-order chi connectivity index (χ0) is 13.3. The number of carbonyl (C=O) groups excluding carboxylic acids is 1. The van der Waals surface area contributed by atoms with Gasteiger partial charge in [-0.15, -0.1) is 0 Å². The Morgan fingerprint density at radius 1 is 1.50 bits per heavy atom. The van der Waals surface area contributed by atoms with Gasteiger partial charge in [0.15, 0.2) is 0 Å². The second-order valence-corrected chi connectivity index (χ2v) is 5.56. The van der Waals surface area contributed by atoms with Crippen LogP contribution in [-0.2, 0) is 4.79 Å². The van der Waals surface area contributed by atoms with Gasteiger partial charge in [-0.1, -0.05) is 15.9 Å². The summed E-state index contributed by atoms with van der Waals surface area (Å²) in [7, 11) is 1.82. The number of nitrogens with two attached hydrogens (primary N) is 1. The van der Waals surface area contributed by atoms with E-state index in [1.54, 1.807) is 4.90 Å². The minimum Gasteiger partial charge on any atom is -0.360 e. The van der Waals surface area contributed by atoms with Crippen LogP contribution >= 0.6 is 15.9 Å². The van der Waals surface area contributed by atoms with Gasteiger partial charge in [0, 0.05) is 30.3 Å². The maximum absolute atomic E-state index is 11.9. The van der Waals surface area contributed by atoms with Crippen molar-refractivity contribution in [3.63, 3.8) is 0 Å². The highest BCUT2D eigenvalue weighted by atomic mass is 79.9. The van der Waals surface area contributed by atoms with Crippen LogP contribution in [-0.4, -0.2) is 43.5 Å². The summed E-state index contributed by atoms with van der Waals surface area (Å²) in [6, 6.07) is 6.24. The van der Waals surface area contributed by atoms with E-state index in [4.69, 9.17) is 5.73 Å². The van der Waals surface area contributed by atoms with Crippen molar-refractivity contribution in [1.82, 2.24) is 4.90 Å². The second kappa shape index (κ2) is 5.28. The van der Waals surface area contributed by atoms with Crippen LogP contribution in [0.25, 0.3) is 0 Å². The topological polar surface area (TPSA) is 49.6 Å². The second-order valence-electron chi connectivity index (χ2n) is 4.71. The first kappa shape index (κ1) is 13.4. The molecule has 2 rings (SSSR count). The monoisotopic (exact) mass is 311 g/mol. The molecule has 5 heteroatoms. The average Bonchev–Trinajstić information content (AvgIpc) is 2.36. The third-order valence-electron chi connectivity index (χ3n) is 3.48. The number of anilines is 1. The lowest BCUT2D eigenvalue weighted by molar-refractivity contribution is -0.131. The quantitative estimate of drug-likeness (QED) is 0.897. The van der Waals surface area contributed by atoms with Crippen molar-refractivity contribution in [2.24, 2.45) is 5.73 Å². The van der Waals surface area contributed by atoms with Crippen molar-refractivity contribution in [2.45, 2.75) is 13.0 Å². The SMILES string of the molecule is Cc1cc(N2CC(=O)N(C)C(CN)C2)ccc1Br. The van der Waals surface area contributed by atoms with E-state index in [9.17, 15) is 4.79 Å². The van der Waals surface area contributed by atoms with Crippen molar-refractivity contribution in [3.05, 3.63) is 28.2 Å². The van der Waals surface area contributed by atoms with E-state index in [1.807, 2.05) is 26.1 Å². The number of hydrogen-bond donors (Lipinski definition) is 1. The Labute approximate surface area is 116 Å². The van der Waals surface area contributed by atoms with E-state index in [0.717, 1.165) is 16.7 Å².